The van der Waals surface area contributed by atoms with Crippen LogP contribution in [0.15, 0.2) is 49.1 Å². The van der Waals surface area contributed by atoms with Crippen molar-refractivity contribution in [2.75, 3.05) is 37.7 Å². The number of hydrogen-bond acceptors (Lipinski definition) is 7. The molecule has 0 atom stereocenters. The number of aromatic nitrogens is 5. The lowest BCUT2D eigenvalue weighted by molar-refractivity contribution is -0.133. The molecule has 1 aliphatic rings. The maximum atomic E-state index is 12.3. The van der Waals surface area contributed by atoms with Crippen molar-refractivity contribution < 1.29 is 9.53 Å². The van der Waals surface area contributed by atoms with Crippen LogP contribution in [-0.4, -0.2) is 68.3 Å². The van der Waals surface area contributed by atoms with E-state index >= 15 is 0 Å². The number of anilines is 1. The molecule has 0 aromatic carbocycles. The van der Waals surface area contributed by atoms with E-state index in [1.54, 1.807) is 30.7 Å². The lowest BCUT2D eigenvalue weighted by atomic mass is 10.3. The first-order chi connectivity index (χ1) is 13.7. The molecule has 0 radical (unpaired) electrons. The number of rotatable bonds is 5. The first-order valence-corrected chi connectivity index (χ1v) is 9.10. The van der Waals surface area contributed by atoms with E-state index in [1.807, 2.05) is 34.7 Å². The van der Waals surface area contributed by atoms with Crippen molar-refractivity contribution in [3.8, 4) is 11.6 Å². The van der Waals surface area contributed by atoms with Crippen molar-refractivity contribution in [1.82, 2.24) is 29.6 Å². The Bertz CT molecular complexity index is 919. The van der Waals surface area contributed by atoms with E-state index in [2.05, 4.69) is 25.1 Å². The number of carbonyl (C=O) groups excluding carboxylic acids is 1. The number of nitrogens with zero attached hydrogens (tertiary/aromatic N) is 7. The molecule has 28 heavy (non-hydrogen) atoms. The monoisotopic (exact) mass is 379 g/mol. The highest BCUT2D eigenvalue weighted by Crippen LogP contribution is 2.15. The van der Waals surface area contributed by atoms with E-state index < -0.39 is 0 Å². The average molecular weight is 379 g/mol. The zero-order chi connectivity index (χ0) is 19.3. The van der Waals surface area contributed by atoms with Crippen LogP contribution in [0.1, 0.15) is 5.82 Å². The summed E-state index contributed by atoms with van der Waals surface area (Å²) in [6, 6.07) is 7.44. The molecule has 9 nitrogen and oxygen atoms in total. The number of pyridine rings is 1. The third-order valence-corrected chi connectivity index (χ3v) is 4.66. The van der Waals surface area contributed by atoms with Crippen molar-refractivity contribution >= 4 is 11.7 Å². The molecular weight excluding hydrogens is 358 g/mol. The highest BCUT2D eigenvalue weighted by Gasteiger charge is 2.22. The zero-order valence-electron chi connectivity index (χ0n) is 15.6. The van der Waals surface area contributed by atoms with Crippen LogP contribution in [0.2, 0.25) is 0 Å². The van der Waals surface area contributed by atoms with Crippen LogP contribution in [0.4, 0.5) is 5.82 Å². The SMILES string of the molecule is Cc1nccn1-c1ccc(N2CCN(C(=O)COc3cccnc3)CC2)nn1. The Morgan fingerprint density at radius 2 is 1.86 bits per heavy atom. The molecule has 3 aromatic heterocycles. The molecule has 0 unspecified atom stereocenters. The molecular formula is C19H21N7O2. The Morgan fingerprint density at radius 1 is 1.07 bits per heavy atom. The van der Waals surface area contributed by atoms with Gasteiger partial charge >= 0.3 is 0 Å². The summed E-state index contributed by atoms with van der Waals surface area (Å²) in [5.74, 6) is 2.97. The van der Waals surface area contributed by atoms with Crippen molar-refractivity contribution in [3.05, 3.63) is 54.9 Å². The van der Waals surface area contributed by atoms with Gasteiger partial charge in [0.2, 0.25) is 0 Å². The Kier molecular flexibility index (Phi) is 5.14. The second-order valence-electron chi connectivity index (χ2n) is 6.44. The topological polar surface area (TPSA) is 89.3 Å². The fourth-order valence-electron chi connectivity index (χ4n) is 3.09. The molecule has 0 aliphatic carbocycles. The second kappa shape index (κ2) is 8.03. The number of imidazole rings is 1. The third kappa shape index (κ3) is 3.93. The summed E-state index contributed by atoms with van der Waals surface area (Å²) >= 11 is 0. The number of carbonyl (C=O) groups is 1. The molecule has 9 heteroatoms. The van der Waals surface area contributed by atoms with E-state index in [0.717, 1.165) is 17.5 Å². The van der Waals surface area contributed by atoms with Gasteiger partial charge in [-0.3, -0.25) is 14.3 Å². The summed E-state index contributed by atoms with van der Waals surface area (Å²) in [5.41, 5.74) is 0. The molecule has 3 aromatic rings. The molecule has 1 aliphatic heterocycles. The van der Waals surface area contributed by atoms with Gasteiger partial charge < -0.3 is 14.5 Å². The predicted octanol–water partition coefficient (Wildman–Crippen LogP) is 1.09. The Morgan fingerprint density at radius 3 is 2.50 bits per heavy atom. The fraction of sp³-hybridized carbons (Fsp3) is 0.316. The average Bonchev–Trinajstić information content (AvgIpc) is 3.19. The predicted molar refractivity (Wildman–Crippen MR) is 102 cm³/mol. The molecule has 0 N–H and O–H groups in total. The molecule has 1 amide bonds. The quantitative estimate of drug-likeness (QED) is 0.656. The summed E-state index contributed by atoms with van der Waals surface area (Å²) in [5, 5.41) is 8.64. The number of amides is 1. The first-order valence-electron chi connectivity index (χ1n) is 9.10. The third-order valence-electron chi connectivity index (χ3n) is 4.66. The van der Waals surface area contributed by atoms with Crippen LogP contribution >= 0.6 is 0 Å². The zero-order valence-corrected chi connectivity index (χ0v) is 15.6. The van der Waals surface area contributed by atoms with Crippen LogP contribution in [0.25, 0.3) is 5.82 Å². The van der Waals surface area contributed by atoms with Crippen molar-refractivity contribution in [2.24, 2.45) is 0 Å². The number of aryl methyl sites for hydroxylation is 1. The summed E-state index contributed by atoms with van der Waals surface area (Å²) in [7, 11) is 0. The van der Waals surface area contributed by atoms with E-state index in [0.29, 0.717) is 31.9 Å². The van der Waals surface area contributed by atoms with Crippen LogP contribution in [0.5, 0.6) is 5.75 Å². The minimum Gasteiger partial charge on any atom is -0.482 e. The maximum absolute atomic E-state index is 12.3. The lowest BCUT2D eigenvalue weighted by Crippen LogP contribution is -2.50. The van der Waals surface area contributed by atoms with E-state index in [1.165, 1.54) is 0 Å². The van der Waals surface area contributed by atoms with E-state index in [4.69, 9.17) is 4.74 Å². The second-order valence-corrected chi connectivity index (χ2v) is 6.44. The largest absolute Gasteiger partial charge is 0.482 e. The van der Waals surface area contributed by atoms with Crippen molar-refractivity contribution in [3.63, 3.8) is 0 Å². The van der Waals surface area contributed by atoms with Gasteiger partial charge in [-0.25, -0.2) is 4.98 Å². The number of piperazine rings is 1. The Balaban J connectivity index is 1.30. The van der Waals surface area contributed by atoms with Crippen LogP contribution < -0.4 is 9.64 Å². The van der Waals surface area contributed by atoms with Gasteiger partial charge in [0, 0.05) is 44.8 Å². The minimum absolute atomic E-state index is 0.0183. The first kappa shape index (κ1) is 17.9. The summed E-state index contributed by atoms with van der Waals surface area (Å²) < 4.78 is 7.38. The summed E-state index contributed by atoms with van der Waals surface area (Å²) in [6.45, 7) is 4.60. The van der Waals surface area contributed by atoms with Gasteiger partial charge in [-0.2, -0.15) is 0 Å². The highest BCUT2D eigenvalue weighted by atomic mass is 16.5. The maximum Gasteiger partial charge on any atom is 0.260 e. The van der Waals surface area contributed by atoms with Gasteiger partial charge in [0.05, 0.1) is 6.20 Å². The fourth-order valence-corrected chi connectivity index (χ4v) is 3.09. The van der Waals surface area contributed by atoms with Gasteiger partial charge in [-0.1, -0.05) is 0 Å². The van der Waals surface area contributed by atoms with E-state index in [-0.39, 0.29) is 12.5 Å². The van der Waals surface area contributed by atoms with E-state index in [9.17, 15) is 4.79 Å². The summed E-state index contributed by atoms with van der Waals surface area (Å²) in [6.07, 6.45) is 6.86. The molecule has 1 fully saturated rings. The molecule has 4 rings (SSSR count). The van der Waals surface area contributed by atoms with Crippen LogP contribution in [-0.2, 0) is 4.79 Å². The molecule has 0 bridgehead atoms. The summed E-state index contributed by atoms with van der Waals surface area (Å²) in [4.78, 5) is 24.5. The van der Waals surface area contributed by atoms with Gasteiger partial charge in [-0.05, 0) is 31.2 Å². The number of hydrogen-bond donors (Lipinski definition) is 0. The van der Waals surface area contributed by atoms with Gasteiger partial charge in [0.1, 0.15) is 11.6 Å². The van der Waals surface area contributed by atoms with Crippen LogP contribution in [0, 0.1) is 6.92 Å². The van der Waals surface area contributed by atoms with Crippen molar-refractivity contribution in [1.29, 1.82) is 0 Å². The molecule has 1 saturated heterocycles. The molecule has 144 valence electrons. The normalized spacial score (nSPS) is 14.2. The molecule has 0 spiro atoms. The Hall–Kier alpha value is -3.49. The smallest absolute Gasteiger partial charge is 0.260 e. The van der Waals surface area contributed by atoms with Gasteiger partial charge in [-0.15, -0.1) is 10.2 Å². The van der Waals surface area contributed by atoms with Gasteiger partial charge in [0.25, 0.3) is 5.91 Å². The molecule has 4 heterocycles. The standard InChI is InChI=1S/C19H21N7O2/c1-15-21-7-8-26(15)18-5-4-17(22-23-18)24-9-11-25(12-10-24)19(27)14-28-16-3-2-6-20-13-16/h2-8,13H,9-12,14H2,1H3. The minimum atomic E-state index is -0.0273. The molecule has 0 saturated carbocycles. The lowest BCUT2D eigenvalue weighted by Gasteiger charge is -2.35. The van der Waals surface area contributed by atoms with Crippen LogP contribution in [0.3, 0.4) is 0 Å². The Labute approximate surface area is 162 Å². The van der Waals surface area contributed by atoms with Gasteiger partial charge in [0.15, 0.2) is 18.2 Å². The van der Waals surface area contributed by atoms with Crippen molar-refractivity contribution in [2.45, 2.75) is 6.92 Å². The highest BCUT2D eigenvalue weighted by molar-refractivity contribution is 5.78. The number of ether oxygens (including phenoxy) is 1.